The molecule has 0 bridgehead atoms. The van der Waals surface area contributed by atoms with Crippen molar-refractivity contribution in [2.75, 3.05) is 11.9 Å². The highest BCUT2D eigenvalue weighted by Gasteiger charge is 2.35. The SMILES string of the molecule is CCNC(=O)O[C@H]1C[C@@H](c2cc(NC(=O)C(C)(C)c3ccccc3)n[nH]2)C1. The fourth-order valence-corrected chi connectivity index (χ4v) is 3.12. The molecule has 2 amide bonds. The standard InChI is InChI=1S/C20H26N4O3/c1-4-21-19(26)27-15-10-13(11-15)16-12-17(24-23-16)22-18(25)20(2,3)14-8-6-5-7-9-14/h5-9,12-13,15H,4,10-11H2,1-3H3,(H,21,26)(H2,22,23,24,25)/t13-,15+. The first-order valence-corrected chi connectivity index (χ1v) is 9.27. The number of anilines is 1. The first kappa shape index (κ1) is 18.9. The van der Waals surface area contributed by atoms with Crippen molar-refractivity contribution in [1.29, 1.82) is 0 Å². The van der Waals surface area contributed by atoms with Gasteiger partial charge in [0.1, 0.15) is 6.10 Å². The van der Waals surface area contributed by atoms with Gasteiger partial charge in [0, 0.05) is 24.2 Å². The Labute approximate surface area is 158 Å². The van der Waals surface area contributed by atoms with Gasteiger partial charge in [-0.15, -0.1) is 0 Å². The molecule has 27 heavy (non-hydrogen) atoms. The summed E-state index contributed by atoms with van der Waals surface area (Å²) >= 11 is 0. The molecule has 1 aromatic heterocycles. The highest BCUT2D eigenvalue weighted by Crippen LogP contribution is 2.38. The number of ether oxygens (including phenoxy) is 1. The molecule has 1 aliphatic carbocycles. The van der Waals surface area contributed by atoms with Crippen molar-refractivity contribution in [3.05, 3.63) is 47.7 Å². The first-order valence-electron chi connectivity index (χ1n) is 9.27. The van der Waals surface area contributed by atoms with Crippen molar-refractivity contribution in [3.8, 4) is 0 Å². The van der Waals surface area contributed by atoms with E-state index >= 15 is 0 Å². The molecule has 1 saturated carbocycles. The third kappa shape index (κ3) is 4.30. The number of rotatable bonds is 6. The maximum atomic E-state index is 12.7. The molecule has 0 saturated heterocycles. The van der Waals surface area contributed by atoms with Crippen LogP contribution in [-0.4, -0.2) is 34.8 Å². The smallest absolute Gasteiger partial charge is 0.407 e. The Balaban J connectivity index is 1.54. The maximum absolute atomic E-state index is 12.7. The summed E-state index contributed by atoms with van der Waals surface area (Å²) in [4.78, 5) is 24.1. The predicted molar refractivity (Wildman–Crippen MR) is 103 cm³/mol. The lowest BCUT2D eigenvalue weighted by atomic mass is 9.80. The molecule has 1 fully saturated rings. The number of carbonyl (C=O) groups excluding carboxylic acids is 2. The van der Waals surface area contributed by atoms with Crippen LogP contribution in [0.2, 0.25) is 0 Å². The van der Waals surface area contributed by atoms with Crippen LogP contribution in [-0.2, 0) is 14.9 Å². The van der Waals surface area contributed by atoms with E-state index in [0.29, 0.717) is 12.4 Å². The van der Waals surface area contributed by atoms with Crippen molar-refractivity contribution in [1.82, 2.24) is 15.5 Å². The number of amides is 2. The Hall–Kier alpha value is -2.83. The minimum absolute atomic E-state index is 0.0695. The van der Waals surface area contributed by atoms with Gasteiger partial charge >= 0.3 is 6.09 Å². The van der Waals surface area contributed by atoms with Crippen LogP contribution in [0.3, 0.4) is 0 Å². The van der Waals surface area contributed by atoms with E-state index in [9.17, 15) is 9.59 Å². The van der Waals surface area contributed by atoms with E-state index in [-0.39, 0.29) is 24.0 Å². The molecule has 3 N–H and O–H groups in total. The highest BCUT2D eigenvalue weighted by atomic mass is 16.6. The van der Waals surface area contributed by atoms with E-state index in [1.807, 2.05) is 57.2 Å². The van der Waals surface area contributed by atoms with Gasteiger partial charge < -0.3 is 15.4 Å². The first-order chi connectivity index (χ1) is 12.9. The Morgan fingerprint density at radius 2 is 1.96 bits per heavy atom. The van der Waals surface area contributed by atoms with Crippen molar-refractivity contribution in [2.45, 2.75) is 51.0 Å². The van der Waals surface area contributed by atoms with Crippen LogP contribution in [0.15, 0.2) is 36.4 Å². The zero-order chi connectivity index (χ0) is 19.4. The number of aromatic nitrogens is 2. The number of hydrogen-bond donors (Lipinski definition) is 3. The molecule has 0 unspecified atom stereocenters. The van der Waals surface area contributed by atoms with Gasteiger partial charge in [0.25, 0.3) is 0 Å². The fraction of sp³-hybridized carbons (Fsp3) is 0.450. The molecule has 3 rings (SSSR count). The molecule has 1 aromatic carbocycles. The van der Waals surface area contributed by atoms with Crippen LogP contribution >= 0.6 is 0 Å². The Morgan fingerprint density at radius 3 is 2.63 bits per heavy atom. The van der Waals surface area contributed by atoms with Crippen LogP contribution in [0.5, 0.6) is 0 Å². The molecule has 1 aliphatic rings. The lowest BCUT2D eigenvalue weighted by molar-refractivity contribution is -0.120. The van der Waals surface area contributed by atoms with Gasteiger partial charge in [-0.3, -0.25) is 9.89 Å². The molecule has 7 nitrogen and oxygen atoms in total. The lowest BCUT2D eigenvalue weighted by Gasteiger charge is -2.33. The third-order valence-corrected chi connectivity index (χ3v) is 5.03. The van der Waals surface area contributed by atoms with Gasteiger partial charge in [-0.05, 0) is 39.2 Å². The summed E-state index contributed by atoms with van der Waals surface area (Å²) in [6.45, 7) is 6.18. The van der Waals surface area contributed by atoms with Crippen LogP contribution in [0.25, 0.3) is 0 Å². The molecule has 144 valence electrons. The number of aromatic amines is 1. The quantitative estimate of drug-likeness (QED) is 0.727. The molecule has 0 atom stereocenters. The second-order valence-electron chi connectivity index (χ2n) is 7.38. The molecule has 1 heterocycles. The number of alkyl carbamates (subject to hydrolysis) is 1. The van der Waals surface area contributed by atoms with Crippen molar-refractivity contribution >= 4 is 17.8 Å². The predicted octanol–water partition coefficient (Wildman–Crippen LogP) is 3.32. The van der Waals surface area contributed by atoms with Gasteiger partial charge in [-0.1, -0.05) is 30.3 Å². The summed E-state index contributed by atoms with van der Waals surface area (Å²) < 4.78 is 5.29. The van der Waals surface area contributed by atoms with E-state index in [2.05, 4.69) is 20.8 Å². The number of nitrogens with one attached hydrogen (secondary N) is 3. The molecule has 0 radical (unpaired) electrons. The summed E-state index contributed by atoms with van der Waals surface area (Å²) in [5.41, 5.74) is 1.23. The summed E-state index contributed by atoms with van der Waals surface area (Å²) in [6.07, 6.45) is 1.06. The highest BCUT2D eigenvalue weighted by molar-refractivity contribution is 5.97. The molecule has 0 aliphatic heterocycles. The summed E-state index contributed by atoms with van der Waals surface area (Å²) in [6, 6.07) is 11.5. The number of carbonyl (C=O) groups is 2. The topological polar surface area (TPSA) is 96.1 Å². The van der Waals surface area contributed by atoms with E-state index in [1.54, 1.807) is 0 Å². The Morgan fingerprint density at radius 1 is 1.26 bits per heavy atom. The normalized spacial score (nSPS) is 19.1. The van der Waals surface area contributed by atoms with Gasteiger partial charge in [0.15, 0.2) is 5.82 Å². The van der Waals surface area contributed by atoms with Gasteiger partial charge in [0.2, 0.25) is 5.91 Å². The molecule has 2 aromatic rings. The maximum Gasteiger partial charge on any atom is 0.407 e. The second kappa shape index (κ2) is 7.82. The number of nitrogens with zero attached hydrogens (tertiary/aromatic N) is 1. The van der Waals surface area contributed by atoms with E-state index < -0.39 is 5.41 Å². The van der Waals surface area contributed by atoms with Crippen molar-refractivity contribution in [3.63, 3.8) is 0 Å². The number of benzene rings is 1. The Kier molecular flexibility index (Phi) is 5.48. The van der Waals surface area contributed by atoms with Gasteiger partial charge in [-0.2, -0.15) is 5.10 Å². The van der Waals surface area contributed by atoms with Crippen molar-refractivity contribution in [2.24, 2.45) is 0 Å². The fourth-order valence-electron chi connectivity index (χ4n) is 3.12. The van der Waals surface area contributed by atoms with Gasteiger partial charge in [-0.25, -0.2) is 4.79 Å². The zero-order valence-electron chi connectivity index (χ0n) is 15.9. The van der Waals surface area contributed by atoms with Crippen LogP contribution < -0.4 is 10.6 Å². The average molecular weight is 370 g/mol. The minimum atomic E-state index is -0.664. The third-order valence-electron chi connectivity index (χ3n) is 5.03. The summed E-state index contributed by atoms with van der Waals surface area (Å²) in [5.74, 6) is 0.648. The van der Waals surface area contributed by atoms with E-state index in [0.717, 1.165) is 24.1 Å². The average Bonchev–Trinajstić information content (AvgIpc) is 3.06. The molecule has 0 spiro atoms. The van der Waals surface area contributed by atoms with Crippen LogP contribution in [0.4, 0.5) is 10.6 Å². The molecule has 7 heteroatoms. The van der Waals surface area contributed by atoms with Gasteiger partial charge in [0.05, 0.1) is 5.41 Å². The Bertz CT molecular complexity index is 795. The van der Waals surface area contributed by atoms with E-state index in [4.69, 9.17) is 4.74 Å². The minimum Gasteiger partial charge on any atom is -0.446 e. The molecular weight excluding hydrogens is 344 g/mol. The zero-order valence-corrected chi connectivity index (χ0v) is 15.9. The molecular formula is C20H26N4O3. The number of H-pyrrole nitrogens is 1. The lowest BCUT2D eigenvalue weighted by Crippen LogP contribution is -2.36. The summed E-state index contributed by atoms with van der Waals surface area (Å²) in [7, 11) is 0. The van der Waals surface area contributed by atoms with Crippen LogP contribution in [0, 0.1) is 0 Å². The monoisotopic (exact) mass is 370 g/mol. The van der Waals surface area contributed by atoms with Crippen molar-refractivity contribution < 1.29 is 14.3 Å². The number of hydrogen-bond acceptors (Lipinski definition) is 4. The van der Waals surface area contributed by atoms with E-state index in [1.165, 1.54) is 0 Å². The largest absolute Gasteiger partial charge is 0.446 e. The second-order valence-corrected chi connectivity index (χ2v) is 7.38. The summed E-state index contributed by atoms with van der Waals surface area (Å²) in [5, 5.41) is 12.7. The van der Waals surface area contributed by atoms with Crippen LogP contribution in [0.1, 0.15) is 50.8 Å².